The van der Waals surface area contributed by atoms with Gasteiger partial charge in [0.25, 0.3) is 5.56 Å². The second kappa shape index (κ2) is 7.29. The van der Waals surface area contributed by atoms with Gasteiger partial charge in [0.2, 0.25) is 0 Å². The lowest BCUT2D eigenvalue weighted by Gasteiger charge is -2.08. The Hall–Kier alpha value is -1.07. The number of aromatic nitrogens is 2. The van der Waals surface area contributed by atoms with Gasteiger partial charge in [0.05, 0.1) is 11.9 Å². The lowest BCUT2D eigenvalue weighted by molar-refractivity contribution is 0.283. The molecule has 5 nitrogen and oxygen atoms in total. The van der Waals surface area contributed by atoms with Crippen molar-refractivity contribution in [2.45, 2.75) is 25.7 Å². The number of nitrogens with one attached hydrogen (secondary N) is 1. The molecule has 17 heavy (non-hydrogen) atoms. The fraction of sp³-hybridized carbons (Fsp3) is 0.636. The number of hydrogen-bond acceptors (Lipinski definition) is 4. The van der Waals surface area contributed by atoms with Crippen molar-refractivity contribution in [3.63, 3.8) is 0 Å². The van der Waals surface area contributed by atoms with Gasteiger partial charge in [-0.2, -0.15) is 5.10 Å². The number of aryl methyl sites for hydroxylation is 1. The van der Waals surface area contributed by atoms with Crippen molar-refractivity contribution in [3.8, 4) is 0 Å². The lowest BCUT2D eigenvalue weighted by atomic mass is 10.2. The molecule has 0 amide bonds. The normalized spacial score (nSPS) is 10.5. The van der Waals surface area contributed by atoms with Crippen LogP contribution in [-0.4, -0.2) is 28.0 Å². The molecule has 1 heterocycles. The van der Waals surface area contributed by atoms with Gasteiger partial charge in [0.15, 0.2) is 0 Å². The fourth-order valence-corrected chi connectivity index (χ4v) is 1.69. The molecule has 0 bridgehead atoms. The third kappa shape index (κ3) is 4.36. The Morgan fingerprint density at radius 1 is 1.41 bits per heavy atom. The van der Waals surface area contributed by atoms with Crippen LogP contribution in [0, 0.1) is 0 Å². The number of aliphatic hydroxyl groups excluding tert-OH is 1. The average molecular weight is 260 g/mol. The van der Waals surface area contributed by atoms with Crippen LogP contribution >= 0.6 is 11.6 Å². The Labute approximate surface area is 105 Å². The summed E-state index contributed by atoms with van der Waals surface area (Å²) in [6.07, 6.45) is 5.43. The van der Waals surface area contributed by atoms with Crippen LogP contribution < -0.4 is 10.9 Å². The molecule has 1 aromatic rings. The Morgan fingerprint density at radius 3 is 2.82 bits per heavy atom. The predicted octanol–water partition coefficient (Wildman–Crippen LogP) is 1.40. The first-order valence-electron chi connectivity index (χ1n) is 5.73. The van der Waals surface area contributed by atoms with E-state index < -0.39 is 0 Å². The number of anilines is 1. The summed E-state index contributed by atoms with van der Waals surface area (Å²) in [7, 11) is 1.56. The first kappa shape index (κ1) is 14.0. The molecule has 6 heteroatoms. The summed E-state index contributed by atoms with van der Waals surface area (Å²) in [5, 5.41) is 15.8. The molecule has 0 saturated carbocycles. The molecule has 0 fully saturated rings. The average Bonchev–Trinajstić information content (AvgIpc) is 2.33. The first-order chi connectivity index (χ1) is 8.16. The van der Waals surface area contributed by atoms with Crippen LogP contribution in [0.3, 0.4) is 0 Å². The van der Waals surface area contributed by atoms with E-state index in [0.29, 0.717) is 5.69 Å². The summed E-state index contributed by atoms with van der Waals surface area (Å²) in [6.45, 7) is 0.998. The molecule has 0 aliphatic carbocycles. The molecule has 2 N–H and O–H groups in total. The number of rotatable bonds is 7. The van der Waals surface area contributed by atoms with E-state index in [2.05, 4.69) is 10.4 Å². The highest BCUT2D eigenvalue weighted by Crippen LogP contribution is 2.14. The van der Waals surface area contributed by atoms with Gasteiger partial charge in [0, 0.05) is 20.2 Å². The van der Waals surface area contributed by atoms with Crippen molar-refractivity contribution in [1.82, 2.24) is 9.78 Å². The highest BCUT2D eigenvalue weighted by molar-refractivity contribution is 6.32. The van der Waals surface area contributed by atoms with E-state index in [4.69, 9.17) is 16.7 Å². The molecule has 0 aliphatic rings. The topological polar surface area (TPSA) is 67.2 Å². The number of aliphatic hydroxyl groups is 1. The van der Waals surface area contributed by atoms with Gasteiger partial charge >= 0.3 is 0 Å². The van der Waals surface area contributed by atoms with Crippen LogP contribution in [0.25, 0.3) is 0 Å². The van der Waals surface area contributed by atoms with Crippen LogP contribution in [0.2, 0.25) is 5.02 Å². The van der Waals surface area contributed by atoms with Crippen LogP contribution in [0.15, 0.2) is 11.0 Å². The van der Waals surface area contributed by atoms with Crippen LogP contribution in [0.1, 0.15) is 25.7 Å². The summed E-state index contributed by atoms with van der Waals surface area (Å²) in [4.78, 5) is 11.5. The van der Waals surface area contributed by atoms with Crippen molar-refractivity contribution in [2.75, 3.05) is 18.5 Å². The molecular formula is C11H18ClN3O2. The monoisotopic (exact) mass is 259 g/mol. The quantitative estimate of drug-likeness (QED) is 0.727. The maximum Gasteiger partial charge on any atom is 0.287 e. The van der Waals surface area contributed by atoms with Gasteiger partial charge in [0.1, 0.15) is 5.02 Å². The summed E-state index contributed by atoms with van der Waals surface area (Å²) >= 11 is 5.89. The van der Waals surface area contributed by atoms with Gasteiger partial charge in [-0.3, -0.25) is 4.79 Å². The van der Waals surface area contributed by atoms with Gasteiger partial charge in [-0.15, -0.1) is 0 Å². The van der Waals surface area contributed by atoms with E-state index >= 15 is 0 Å². The van der Waals surface area contributed by atoms with E-state index in [1.54, 1.807) is 13.2 Å². The first-order valence-corrected chi connectivity index (χ1v) is 6.11. The molecule has 1 rings (SSSR count). The SMILES string of the molecule is Cn1ncc(NCCCCCCO)c(Cl)c1=O. The Kier molecular flexibility index (Phi) is 6.00. The minimum atomic E-state index is -0.294. The van der Waals surface area contributed by atoms with Gasteiger partial charge < -0.3 is 10.4 Å². The molecule has 0 aromatic carbocycles. The van der Waals surface area contributed by atoms with E-state index in [1.807, 2.05) is 0 Å². The Balaban J connectivity index is 2.37. The third-order valence-electron chi connectivity index (χ3n) is 2.48. The maximum absolute atomic E-state index is 11.5. The zero-order chi connectivity index (χ0) is 12.7. The standard InChI is InChI=1S/C11H18ClN3O2/c1-15-11(17)10(12)9(8-14-15)13-6-4-2-3-5-7-16/h8,13,16H,2-7H2,1H3. The highest BCUT2D eigenvalue weighted by atomic mass is 35.5. The van der Waals surface area contributed by atoms with Gasteiger partial charge in [-0.25, -0.2) is 4.68 Å². The zero-order valence-corrected chi connectivity index (χ0v) is 10.7. The lowest BCUT2D eigenvalue weighted by Crippen LogP contribution is -2.21. The molecule has 1 aromatic heterocycles. The third-order valence-corrected chi connectivity index (χ3v) is 2.84. The largest absolute Gasteiger partial charge is 0.396 e. The molecule has 0 unspecified atom stereocenters. The van der Waals surface area contributed by atoms with Crippen LogP contribution in [-0.2, 0) is 7.05 Å². The molecular weight excluding hydrogens is 242 g/mol. The van der Waals surface area contributed by atoms with Crippen molar-refractivity contribution in [3.05, 3.63) is 21.6 Å². The second-order valence-corrected chi connectivity index (χ2v) is 4.24. The van der Waals surface area contributed by atoms with Crippen molar-refractivity contribution in [1.29, 1.82) is 0 Å². The number of unbranched alkanes of at least 4 members (excludes halogenated alkanes) is 3. The minimum absolute atomic E-state index is 0.179. The summed E-state index contributed by atoms with van der Waals surface area (Å²) in [5.41, 5.74) is 0.286. The van der Waals surface area contributed by atoms with Crippen LogP contribution in [0.4, 0.5) is 5.69 Å². The molecule has 96 valence electrons. The smallest absolute Gasteiger partial charge is 0.287 e. The van der Waals surface area contributed by atoms with Gasteiger partial charge in [-0.05, 0) is 12.8 Å². The van der Waals surface area contributed by atoms with Crippen molar-refractivity contribution >= 4 is 17.3 Å². The van der Waals surface area contributed by atoms with Crippen molar-refractivity contribution < 1.29 is 5.11 Å². The van der Waals surface area contributed by atoms with Crippen LogP contribution in [0.5, 0.6) is 0 Å². The molecule has 0 aliphatic heterocycles. The zero-order valence-electron chi connectivity index (χ0n) is 9.95. The van der Waals surface area contributed by atoms with E-state index in [-0.39, 0.29) is 17.2 Å². The molecule has 0 saturated heterocycles. The van der Waals surface area contributed by atoms with Crippen molar-refractivity contribution in [2.24, 2.45) is 7.05 Å². The molecule has 0 atom stereocenters. The summed E-state index contributed by atoms with van der Waals surface area (Å²) in [5.74, 6) is 0. The fourth-order valence-electron chi connectivity index (χ4n) is 1.45. The predicted molar refractivity (Wildman–Crippen MR) is 68.5 cm³/mol. The minimum Gasteiger partial charge on any atom is -0.396 e. The Morgan fingerprint density at radius 2 is 2.12 bits per heavy atom. The number of halogens is 1. The van der Waals surface area contributed by atoms with Gasteiger partial charge in [-0.1, -0.05) is 24.4 Å². The molecule has 0 spiro atoms. The maximum atomic E-state index is 11.5. The number of hydrogen-bond donors (Lipinski definition) is 2. The second-order valence-electron chi connectivity index (χ2n) is 3.87. The molecule has 0 radical (unpaired) electrons. The van der Waals surface area contributed by atoms with E-state index in [1.165, 1.54) is 4.68 Å². The van der Waals surface area contributed by atoms with E-state index in [0.717, 1.165) is 32.2 Å². The highest BCUT2D eigenvalue weighted by Gasteiger charge is 2.05. The Bertz CT molecular complexity index is 406. The summed E-state index contributed by atoms with van der Waals surface area (Å²) < 4.78 is 1.20. The number of nitrogens with zero attached hydrogens (tertiary/aromatic N) is 2. The van der Waals surface area contributed by atoms with E-state index in [9.17, 15) is 4.79 Å². The summed E-state index contributed by atoms with van der Waals surface area (Å²) in [6, 6.07) is 0.